The summed E-state index contributed by atoms with van der Waals surface area (Å²) in [5, 5.41) is 8.15. The first kappa shape index (κ1) is 18.4. The van der Waals surface area contributed by atoms with E-state index in [1.807, 2.05) is 31.2 Å². The molecule has 1 fully saturated rings. The maximum absolute atomic E-state index is 12.4. The van der Waals surface area contributed by atoms with E-state index in [-0.39, 0.29) is 11.6 Å². The summed E-state index contributed by atoms with van der Waals surface area (Å²) in [6.45, 7) is 1.94. The van der Waals surface area contributed by atoms with Gasteiger partial charge in [0.15, 0.2) is 0 Å². The van der Waals surface area contributed by atoms with Crippen LogP contribution in [0.5, 0.6) is 0 Å². The minimum Gasteiger partial charge on any atom is -0.361 e. The Kier molecular flexibility index (Phi) is 5.15. The molecule has 1 heterocycles. The Balaban J connectivity index is 1.48. The molecule has 0 bridgehead atoms. The molecule has 0 unspecified atom stereocenters. The Hall–Kier alpha value is -1.98. The van der Waals surface area contributed by atoms with Gasteiger partial charge >= 0.3 is 0 Å². The summed E-state index contributed by atoms with van der Waals surface area (Å²) in [6, 6.07) is 13.8. The van der Waals surface area contributed by atoms with Gasteiger partial charge < -0.3 is 10.6 Å². The van der Waals surface area contributed by atoms with Crippen molar-refractivity contribution >= 4 is 45.7 Å². The van der Waals surface area contributed by atoms with Gasteiger partial charge in [-0.3, -0.25) is 4.79 Å². The summed E-state index contributed by atoms with van der Waals surface area (Å²) in [5.41, 5.74) is 3.70. The number of nitrogens with zero attached hydrogens (tertiary/aromatic N) is 1. The van der Waals surface area contributed by atoms with E-state index in [0.29, 0.717) is 10.8 Å². The van der Waals surface area contributed by atoms with Gasteiger partial charge in [0.25, 0.3) is 0 Å². The highest BCUT2D eigenvalue weighted by Crippen LogP contribution is 2.40. The van der Waals surface area contributed by atoms with Crippen LogP contribution in [-0.2, 0) is 4.79 Å². The first-order chi connectivity index (χ1) is 13.0. The second-order valence-electron chi connectivity index (χ2n) is 7.13. The summed E-state index contributed by atoms with van der Waals surface area (Å²) in [5.74, 6) is 0.258. The number of hydrogen-bond donors (Lipinski definition) is 2. The average Bonchev–Trinajstić information content (AvgIpc) is 3.10. The Morgan fingerprint density at radius 3 is 2.81 bits per heavy atom. The lowest BCUT2D eigenvalue weighted by molar-refractivity contribution is -0.113. The second-order valence-corrected chi connectivity index (χ2v) is 8.50. The number of hydrogen-bond acceptors (Lipinski definition) is 4. The third kappa shape index (κ3) is 3.99. The number of para-hydroxylation sites is 1. The molecule has 0 atom stereocenters. The molecule has 6 heteroatoms. The molecule has 2 N–H and O–H groups in total. The molecule has 4 nitrogen and oxygen atoms in total. The van der Waals surface area contributed by atoms with Gasteiger partial charge in [-0.1, -0.05) is 47.6 Å². The molecule has 1 aliphatic heterocycles. The molecule has 0 aromatic heterocycles. The van der Waals surface area contributed by atoms with Gasteiger partial charge in [-0.15, -0.1) is 0 Å². The average molecular weight is 400 g/mol. The second kappa shape index (κ2) is 7.56. The normalized spacial score (nSPS) is 17.2. The van der Waals surface area contributed by atoms with Crippen LogP contribution < -0.4 is 10.6 Å². The van der Waals surface area contributed by atoms with E-state index < -0.39 is 0 Å². The first-order valence-corrected chi connectivity index (χ1v) is 10.6. The molecular weight excluding hydrogens is 378 g/mol. The van der Waals surface area contributed by atoms with Crippen molar-refractivity contribution in [3.8, 4) is 0 Å². The number of carbonyl (C=O) groups excluding carboxylic acids is 1. The number of halogens is 1. The highest BCUT2D eigenvalue weighted by molar-refractivity contribution is 8.15. The lowest BCUT2D eigenvalue weighted by Gasteiger charge is -2.33. The fourth-order valence-corrected chi connectivity index (χ4v) is 4.71. The van der Waals surface area contributed by atoms with E-state index in [1.165, 1.54) is 24.6 Å². The van der Waals surface area contributed by atoms with Gasteiger partial charge in [-0.05, 0) is 56.4 Å². The molecule has 0 saturated heterocycles. The van der Waals surface area contributed by atoms with Crippen LogP contribution >= 0.6 is 23.4 Å². The van der Waals surface area contributed by atoms with Gasteiger partial charge in [0.2, 0.25) is 5.91 Å². The van der Waals surface area contributed by atoms with E-state index >= 15 is 0 Å². The SMILES string of the molecule is Cc1ccc(NC(=O)CSC2=NC3(CCCC3)Nc3ccccc32)cc1Cl. The summed E-state index contributed by atoms with van der Waals surface area (Å²) < 4.78 is 0. The zero-order valence-corrected chi connectivity index (χ0v) is 16.8. The predicted molar refractivity (Wildman–Crippen MR) is 115 cm³/mol. The first-order valence-electron chi connectivity index (χ1n) is 9.21. The molecule has 2 aromatic rings. The number of nitrogens with one attached hydrogen (secondary N) is 2. The van der Waals surface area contributed by atoms with E-state index in [1.54, 1.807) is 6.07 Å². The summed E-state index contributed by atoms with van der Waals surface area (Å²) in [6.07, 6.45) is 4.45. The Morgan fingerprint density at radius 1 is 1.26 bits per heavy atom. The molecule has 140 valence electrons. The quantitative estimate of drug-likeness (QED) is 0.720. The van der Waals surface area contributed by atoms with Crippen LogP contribution in [-0.4, -0.2) is 22.4 Å². The van der Waals surface area contributed by atoms with Gasteiger partial charge in [0.1, 0.15) is 10.7 Å². The van der Waals surface area contributed by atoms with Crippen molar-refractivity contribution in [1.29, 1.82) is 0 Å². The van der Waals surface area contributed by atoms with E-state index in [0.717, 1.165) is 40.4 Å². The van der Waals surface area contributed by atoms with Crippen LogP contribution in [0.1, 0.15) is 36.8 Å². The maximum atomic E-state index is 12.4. The molecule has 1 spiro atoms. The van der Waals surface area contributed by atoms with Crippen LogP contribution in [0, 0.1) is 6.92 Å². The monoisotopic (exact) mass is 399 g/mol. The largest absolute Gasteiger partial charge is 0.361 e. The number of rotatable bonds is 3. The van der Waals surface area contributed by atoms with Crippen molar-refractivity contribution < 1.29 is 4.79 Å². The fourth-order valence-electron chi connectivity index (χ4n) is 3.62. The third-order valence-corrected chi connectivity index (χ3v) is 6.47. The van der Waals surface area contributed by atoms with Crippen molar-refractivity contribution in [3.05, 3.63) is 58.6 Å². The lowest BCUT2D eigenvalue weighted by Crippen LogP contribution is -2.37. The van der Waals surface area contributed by atoms with Crippen LogP contribution in [0.15, 0.2) is 47.5 Å². The van der Waals surface area contributed by atoms with E-state index in [9.17, 15) is 4.79 Å². The topological polar surface area (TPSA) is 53.5 Å². The Morgan fingerprint density at radius 2 is 2.04 bits per heavy atom. The van der Waals surface area contributed by atoms with Gasteiger partial charge in [-0.25, -0.2) is 4.99 Å². The number of thioether (sulfide) groups is 1. The number of amides is 1. The molecule has 27 heavy (non-hydrogen) atoms. The minimum absolute atomic E-state index is 0.0564. The zero-order valence-electron chi connectivity index (χ0n) is 15.2. The number of fused-ring (bicyclic) bond motifs is 1. The van der Waals surface area contributed by atoms with Crippen molar-refractivity contribution in [2.45, 2.75) is 38.3 Å². The van der Waals surface area contributed by atoms with E-state index in [2.05, 4.69) is 22.8 Å². The Labute approximate surface area is 168 Å². The van der Waals surface area contributed by atoms with Gasteiger partial charge in [-0.2, -0.15) is 0 Å². The molecule has 2 aromatic carbocycles. The molecule has 2 aliphatic rings. The molecular formula is C21H22ClN3OS. The number of carbonyl (C=O) groups is 1. The highest BCUT2D eigenvalue weighted by Gasteiger charge is 2.37. The highest BCUT2D eigenvalue weighted by atomic mass is 35.5. The van der Waals surface area contributed by atoms with Crippen LogP contribution in [0.4, 0.5) is 11.4 Å². The van der Waals surface area contributed by atoms with Crippen LogP contribution in [0.2, 0.25) is 5.02 Å². The van der Waals surface area contributed by atoms with Gasteiger partial charge in [0, 0.05) is 22.0 Å². The Bertz CT molecular complexity index is 906. The molecule has 1 saturated carbocycles. The number of benzene rings is 2. The smallest absolute Gasteiger partial charge is 0.234 e. The van der Waals surface area contributed by atoms with Gasteiger partial charge in [0.05, 0.1) is 5.75 Å². The van der Waals surface area contributed by atoms with Crippen LogP contribution in [0.25, 0.3) is 0 Å². The summed E-state index contributed by atoms with van der Waals surface area (Å²) in [7, 11) is 0. The summed E-state index contributed by atoms with van der Waals surface area (Å²) in [4.78, 5) is 17.5. The van der Waals surface area contributed by atoms with Crippen molar-refractivity contribution in [2.75, 3.05) is 16.4 Å². The molecule has 0 radical (unpaired) electrons. The van der Waals surface area contributed by atoms with E-state index in [4.69, 9.17) is 16.6 Å². The third-order valence-electron chi connectivity index (χ3n) is 5.07. The fraction of sp³-hybridized carbons (Fsp3) is 0.333. The van der Waals surface area contributed by atoms with Crippen molar-refractivity contribution in [3.63, 3.8) is 0 Å². The van der Waals surface area contributed by atoms with Crippen LogP contribution in [0.3, 0.4) is 0 Å². The number of aliphatic imine (C=N–C) groups is 1. The van der Waals surface area contributed by atoms with Crippen molar-refractivity contribution in [1.82, 2.24) is 0 Å². The number of anilines is 2. The minimum atomic E-state index is -0.197. The molecule has 1 amide bonds. The lowest BCUT2D eigenvalue weighted by atomic mass is 10.0. The number of aryl methyl sites for hydroxylation is 1. The molecule has 4 rings (SSSR count). The van der Waals surface area contributed by atoms with Crippen molar-refractivity contribution in [2.24, 2.45) is 4.99 Å². The standard InChI is InChI=1S/C21H22ClN3OS/c1-14-8-9-15(12-17(14)22)23-19(26)13-27-20-16-6-2-3-7-18(16)24-21(25-20)10-4-5-11-21/h2-3,6-9,12,24H,4-5,10-11,13H2,1H3,(H,23,26). The zero-order chi connectivity index (χ0) is 18.9. The predicted octanol–water partition coefficient (Wildman–Crippen LogP) is 5.46. The molecule has 1 aliphatic carbocycles. The maximum Gasteiger partial charge on any atom is 0.234 e. The summed E-state index contributed by atoms with van der Waals surface area (Å²) >= 11 is 7.64.